The lowest BCUT2D eigenvalue weighted by Gasteiger charge is -2.19. The fourth-order valence-electron chi connectivity index (χ4n) is 3.81. The third-order valence-electron chi connectivity index (χ3n) is 5.24. The third-order valence-corrected chi connectivity index (χ3v) is 5.47. The number of phenols is 1. The van der Waals surface area contributed by atoms with Crippen LogP contribution in [-0.4, -0.2) is 20.6 Å². The van der Waals surface area contributed by atoms with Crippen LogP contribution in [0.3, 0.4) is 0 Å². The van der Waals surface area contributed by atoms with E-state index in [1.807, 2.05) is 0 Å². The van der Waals surface area contributed by atoms with E-state index in [1.54, 1.807) is 66.7 Å². The topological polar surface area (TPSA) is 84.2 Å². The molecule has 0 saturated carbocycles. The summed E-state index contributed by atoms with van der Waals surface area (Å²) in [6, 6.07) is 18.1. The number of hydrogen-bond acceptors (Lipinski definition) is 4. The molecule has 6 nitrogen and oxygen atoms in total. The Morgan fingerprint density at radius 1 is 1.03 bits per heavy atom. The zero-order valence-electron chi connectivity index (χ0n) is 15.7. The van der Waals surface area contributed by atoms with E-state index >= 15 is 0 Å². The van der Waals surface area contributed by atoms with Crippen LogP contribution in [0.5, 0.6) is 5.75 Å². The van der Waals surface area contributed by atoms with Crippen LogP contribution in [0.25, 0.3) is 16.6 Å². The molecule has 1 aliphatic heterocycles. The minimum absolute atomic E-state index is 0.161. The van der Waals surface area contributed by atoms with Crippen molar-refractivity contribution in [2.24, 2.45) is 0 Å². The fraction of sp³-hybridized carbons (Fsp3) is 0.0870. The molecule has 1 atom stereocenters. The van der Waals surface area contributed by atoms with Crippen LogP contribution < -0.4 is 10.9 Å². The lowest BCUT2D eigenvalue weighted by molar-refractivity contribution is 0.0938. The minimum Gasteiger partial charge on any atom is -0.508 e. The molecule has 2 N–H and O–H groups in total. The lowest BCUT2D eigenvalue weighted by Crippen LogP contribution is -2.31. The fourth-order valence-corrected chi connectivity index (χ4v) is 3.98. The molecular weight excluding hydrogens is 402 g/mol. The van der Waals surface area contributed by atoms with E-state index in [1.165, 1.54) is 4.57 Å². The molecule has 0 bridgehead atoms. The number of fused-ring (bicyclic) bond motifs is 4. The first kappa shape index (κ1) is 18.4. The van der Waals surface area contributed by atoms with Gasteiger partial charge in [0.05, 0.1) is 28.2 Å². The van der Waals surface area contributed by atoms with E-state index in [4.69, 9.17) is 16.6 Å². The average Bonchev–Trinajstić information content (AvgIpc) is 2.86. The summed E-state index contributed by atoms with van der Waals surface area (Å²) in [7, 11) is 0. The number of carbonyl (C=O) groups excluding carboxylic acids is 1. The summed E-state index contributed by atoms with van der Waals surface area (Å²) in [6.45, 7) is 0. The molecule has 0 radical (unpaired) electrons. The number of nitrogens with one attached hydrogen (secondary N) is 1. The highest BCUT2D eigenvalue weighted by Crippen LogP contribution is 2.28. The van der Waals surface area contributed by atoms with Crippen LogP contribution in [0.15, 0.2) is 71.5 Å². The summed E-state index contributed by atoms with van der Waals surface area (Å²) in [4.78, 5) is 31.2. The SMILES string of the molecule is O=C1NC(Cc2ccc(O)cc2)c2nc3ccc(Cl)cc3c(=O)n2-c2ccccc21. The largest absolute Gasteiger partial charge is 0.508 e. The van der Waals surface area contributed by atoms with E-state index in [0.717, 1.165) is 5.56 Å². The van der Waals surface area contributed by atoms with Crippen molar-refractivity contribution in [1.29, 1.82) is 0 Å². The predicted molar refractivity (Wildman–Crippen MR) is 114 cm³/mol. The first-order valence-corrected chi connectivity index (χ1v) is 9.79. The molecule has 0 spiro atoms. The molecule has 1 unspecified atom stereocenters. The number of hydrogen-bond donors (Lipinski definition) is 2. The van der Waals surface area contributed by atoms with Crippen LogP contribution >= 0.6 is 11.6 Å². The van der Waals surface area contributed by atoms with Crippen molar-refractivity contribution in [2.45, 2.75) is 12.5 Å². The Kier molecular flexibility index (Phi) is 4.29. The van der Waals surface area contributed by atoms with Crippen LogP contribution in [0.4, 0.5) is 0 Å². The van der Waals surface area contributed by atoms with Gasteiger partial charge in [-0.1, -0.05) is 35.9 Å². The summed E-state index contributed by atoms with van der Waals surface area (Å²) in [5.74, 6) is 0.330. The standard InChI is InChI=1S/C23H16ClN3O3/c24-14-7-10-18-17(12-14)23(30)27-20-4-2-1-3-16(20)22(29)26-19(21(27)25-18)11-13-5-8-15(28)9-6-13/h1-10,12,19,28H,11H2,(H,26,29). The van der Waals surface area contributed by atoms with Gasteiger partial charge in [-0.2, -0.15) is 0 Å². The number of nitrogens with zero attached hydrogens (tertiary/aromatic N) is 2. The molecule has 7 heteroatoms. The zero-order chi connectivity index (χ0) is 20.8. The van der Waals surface area contributed by atoms with E-state index in [-0.39, 0.29) is 17.2 Å². The van der Waals surface area contributed by atoms with Crippen molar-refractivity contribution in [2.75, 3.05) is 0 Å². The highest BCUT2D eigenvalue weighted by molar-refractivity contribution is 6.31. The maximum atomic E-state index is 13.5. The molecule has 148 valence electrons. The van der Waals surface area contributed by atoms with Gasteiger partial charge < -0.3 is 10.4 Å². The van der Waals surface area contributed by atoms with Gasteiger partial charge in [0.15, 0.2) is 0 Å². The first-order chi connectivity index (χ1) is 14.5. The zero-order valence-corrected chi connectivity index (χ0v) is 16.4. The average molecular weight is 418 g/mol. The van der Waals surface area contributed by atoms with Gasteiger partial charge in [-0.15, -0.1) is 0 Å². The Balaban J connectivity index is 1.78. The molecule has 1 amide bonds. The van der Waals surface area contributed by atoms with E-state index in [0.29, 0.717) is 39.4 Å². The molecule has 0 aliphatic carbocycles. The number of phenolic OH excluding ortho intramolecular Hbond substituents is 1. The molecule has 3 aromatic carbocycles. The van der Waals surface area contributed by atoms with Crippen molar-refractivity contribution in [1.82, 2.24) is 14.9 Å². The van der Waals surface area contributed by atoms with Gasteiger partial charge >= 0.3 is 0 Å². The maximum Gasteiger partial charge on any atom is 0.266 e. The molecule has 1 aromatic heterocycles. The van der Waals surface area contributed by atoms with Crippen LogP contribution in [-0.2, 0) is 6.42 Å². The molecule has 30 heavy (non-hydrogen) atoms. The Morgan fingerprint density at radius 3 is 2.60 bits per heavy atom. The Labute approximate surface area is 176 Å². The van der Waals surface area contributed by atoms with Gasteiger partial charge in [-0.3, -0.25) is 14.2 Å². The molecule has 5 rings (SSSR count). The normalized spacial score (nSPS) is 15.2. The van der Waals surface area contributed by atoms with Gasteiger partial charge in [0.2, 0.25) is 0 Å². The van der Waals surface area contributed by atoms with E-state index in [2.05, 4.69) is 5.32 Å². The van der Waals surface area contributed by atoms with E-state index in [9.17, 15) is 14.7 Å². The summed E-state index contributed by atoms with van der Waals surface area (Å²) in [5.41, 5.74) is 2.01. The quantitative estimate of drug-likeness (QED) is 0.520. The number of halogens is 1. The number of para-hydroxylation sites is 1. The lowest BCUT2D eigenvalue weighted by atomic mass is 10.0. The molecule has 0 fully saturated rings. The molecule has 4 aromatic rings. The van der Waals surface area contributed by atoms with Crippen molar-refractivity contribution < 1.29 is 9.90 Å². The minimum atomic E-state index is -0.540. The highest BCUT2D eigenvalue weighted by atomic mass is 35.5. The summed E-state index contributed by atoms with van der Waals surface area (Å²) < 4.78 is 1.50. The Bertz CT molecular complexity index is 1360. The Hall–Kier alpha value is -3.64. The van der Waals surface area contributed by atoms with Crippen molar-refractivity contribution in [3.63, 3.8) is 0 Å². The molecular formula is C23H16ClN3O3. The van der Waals surface area contributed by atoms with Gasteiger partial charge in [-0.05, 0) is 54.4 Å². The van der Waals surface area contributed by atoms with E-state index < -0.39 is 6.04 Å². The number of aromatic hydroxyl groups is 1. The van der Waals surface area contributed by atoms with Gasteiger partial charge in [0.1, 0.15) is 11.6 Å². The van der Waals surface area contributed by atoms with Crippen molar-refractivity contribution in [3.8, 4) is 11.4 Å². The summed E-state index contributed by atoms with van der Waals surface area (Å²) >= 11 is 6.12. The Morgan fingerprint density at radius 2 is 1.80 bits per heavy atom. The maximum absolute atomic E-state index is 13.5. The number of benzene rings is 3. The van der Waals surface area contributed by atoms with Crippen molar-refractivity contribution in [3.05, 3.63) is 99.1 Å². The van der Waals surface area contributed by atoms with Gasteiger partial charge in [0.25, 0.3) is 11.5 Å². The predicted octanol–water partition coefficient (Wildman–Crippen LogP) is 3.77. The van der Waals surface area contributed by atoms with Crippen LogP contribution in [0, 0.1) is 0 Å². The molecule has 1 aliphatic rings. The second kappa shape index (κ2) is 7.00. The van der Waals surface area contributed by atoms with Crippen LogP contribution in [0.2, 0.25) is 5.02 Å². The summed E-state index contributed by atoms with van der Waals surface area (Å²) in [5, 5.41) is 13.4. The third kappa shape index (κ3) is 3.02. The van der Waals surface area contributed by atoms with Crippen molar-refractivity contribution >= 4 is 28.4 Å². The number of amides is 1. The molecule has 2 heterocycles. The summed E-state index contributed by atoms with van der Waals surface area (Å²) in [6.07, 6.45) is 0.408. The van der Waals surface area contributed by atoms with Gasteiger partial charge in [0, 0.05) is 5.02 Å². The number of rotatable bonds is 2. The number of aromatic nitrogens is 2. The molecule has 0 saturated heterocycles. The van der Waals surface area contributed by atoms with Crippen LogP contribution in [0.1, 0.15) is 27.8 Å². The number of carbonyl (C=O) groups is 1. The monoisotopic (exact) mass is 417 g/mol. The second-order valence-electron chi connectivity index (χ2n) is 7.19. The highest BCUT2D eigenvalue weighted by Gasteiger charge is 2.29. The smallest absolute Gasteiger partial charge is 0.266 e. The van der Waals surface area contributed by atoms with Gasteiger partial charge in [-0.25, -0.2) is 4.98 Å². The second-order valence-corrected chi connectivity index (χ2v) is 7.62. The first-order valence-electron chi connectivity index (χ1n) is 9.41.